The van der Waals surface area contributed by atoms with Crippen molar-refractivity contribution in [1.29, 1.82) is 0 Å². The molecule has 0 aliphatic carbocycles. The van der Waals surface area contributed by atoms with Crippen LogP contribution in [0.1, 0.15) is 5.56 Å². The summed E-state index contributed by atoms with van der Waals surface area (Å²) in [6.07, 6.45) is -1.37. The molecule has 2 heterocycles. The highest BCUT2D eigenvalue weighted by Gasteiger charge is 2.30. The van der Waals surface area contributed by atoms with Gasteiger partial charge in [-0.15, -0.1) is 0 Å². The molecular weight excluding hydrogens is 411 g/mol. The number of alkyl halides is 3. The van der Waals surface area contributed by atoms with Gasteiger partial charge in [-0.3, -0.25) is 4.72 Å². The number of sulfonamides is 1. The second-order valence-corrected chi connectivity index (χ2v) is 7.84. The Morgan fingerprint density at radius 3 is 2.66 bits per heavy atom. The molecule has 0 aliphatic heterocycles. The first-order valence-electron chi connectivity index (χ1n) is 8.28. The van der Waals surface area contributed by atoms with Gasteiger partial charge in [0.25, 0.3) is 0 Å². The van der Waals surface area contributed by atoms with Gasteiger partial charge in [-0.1, -0.05) is 6.07 Å². The van der Waals surface area contributed by atoms with Crippen LogP contribution in [0.2, 0.25) is 0 Å². The number of hydrogen-bond acceptors (Lipinski definition) is 4. The van der Waals surface area contributed by atoms with E-state index in [0.29, 0.717) is 11.2 Å². The minimum absolute atomic E-state index is 0.0626. The maximum Gasteiger partial charge on any atom is 0.416 e. The molecular formula is C17H16F3N5O3S. The predicted molar refractivity (Wildman–Crippen MR) is 101 cm³/mol. The zero-order valence-electron chi connectivity index (χ0n) is 14.8. The molecule has 3 rings (SSSR count). The average molecular weight is 427 g/mol. The fourth-order valence-corrected chi connectivity index (χ4v) is 3.42. The van der Waals surface area contributed by atoms with Crippen molar-refractivity contribution in [3.05, 3.63) is 60.4 Å². The van der Waals surface area contributed by atoms with Crippen molar-refractivity contribution in [1.82, 2.24) is 14.9 Å². The normalized spacial score (nSPS) is 12.0. The van der Waals surface area contributed by atoms with E-state index in [1.165, 1.54) is 12.1 Å². The van der Waals surface area contributed by atoms with Crippen molar-refractivity contribution in [3.8, 4) is 0 Å². The lowest BCUT2D eigenvalue weighted by atomic mass is 10.2. The third-order valence-corrected chi connectivity index (χ3v) is 5.07. The van der Waals surface area contributed by atoms with Gasteiger partial charge in [0.05, 0.1) is 22.5 Å². The summed E-state index contributed by atoms with van der Waals surface area (Å²) in [5.74, 6) is -0.423. The highest BCUT2D eigenvalue weighted by molar-refractivity contribution is 7.92. The van der Waals surface area contributed by atoms with Crippen LogP contribution in [-0.2, 0) is 16.2 Å². The van der Waals surface area contributed by atoms with Gasteiger partial charge >= 0.3 is 12.2 Å². The Morgan fingerprint density at radius 1 is 1.10 bits per heavy atom. The number of carbonyl (C=O) groups is 1. The molecule has 8 nitrogen and oxygen atoms in total. The summed E-state index contributed by atoms with van der Waals surface area (Å²) in [6.45, 7) is -0.241. The lowest BCUT2D eigenvalue weighted by Gasteiger charge is -2.11. The zero-order valence-corrected chi connectivity index (χ0v) is 15.6. The van der Waals surface area contributed by atoms with Crippen LogP contribution in [0.25, 0.3) is 5.52 Å². The van der Waals surface area contributed by atoms with Crippen LogP contribution in [-0.4, -0.2) is 36.4 Å². The van der Waals surface area contributed by atoms with Gasteiger partial charge in [0.15, 0.2) is 0 Å². The van der Waals surface area contributed by atoms with E-state index in [-0.39, 0.29) is 12.2 Å². The number of nitrogens with zero attached hydrogens (tertiary/aromatic N) is 2. The Labute approximate surface area is 163 Å². The summed E-state index contributed by atoms with van der Waals surface area (Å²) >= 11 is 0. The molecule has 0 aliphatic rings. The summed E-state index contributed by atoms with van der Waals surface area (Å²) in [4.78, 5) is 11.8. The molecule has 0 radical (unpaired) electrons. The van der Waals surface area contributed by atoms with Gasteiger partial charge < -0.3 is 10.6 Å². The van der Waals surface area contributed by atoms with Gasteiger partial charge in [-0.2, -0.15) is 18.3 Å². The maximum atomic E-state index is 12.7. The number of amides is 2. The summed E-state index contributed by atoms with van der Waals surface area (Å²) in [6, 6.07) is 8.12. The van der Waals surface area contributed by atoms with Crippen molar-refractivity contribution >= 4 is 32.9 Å². The van der Waals surface area contributed by atoms with Gasteiger partial charge in [-0.05, 0) is 36.4 Å². The Balaban J connectivity index is 1.51. The molecule has 1 aromatic carbocycles. The number of fused-ring (bicyclic) bond motifs is 1. The third-order valence-electron chi connectivity index (χ3n) is 3.78. The van der Waals surface area contributed by atoms with Crippen LogP contribution in [0.4, 0.5) is 29.3 Å². The number of nitrogens with one attached hydrogen (secondary N) is 3. The number of hydrogen-bond donors (Lipinski definition) is 3. The molecule has 0 spiro atoms. The lowest BCUT2D eigenvalue weighted by molar-refractivity contribution is -0.137. The van der Waals surface area contributed by atoms with Crippen molar-refractivity contribution in [2.75, 3.05) is 22.3 Å². The summed E-state index contributed by atoms with van der Waals surface area (Å²) in [5, 5.41) is 8.53. The molecule has 154 valence electrons. The quantitative estimate of drug-likeness (QED) is 0.563. The highest BCUT2D eigenvalue weighted by Crippen LogP contribution is 2.30. The third kappa shape index (κ3) is 5.60. The number of rotatable bonds is 6. The lowest BCUT2D eigenvalue weighted by Crippen LogP contribution is -2.34. The Morgan fingerprint density at radius 2 is 1.90 bits per heavy atom. The number of carbonyl (C=O) groups excluding carboxylic acids is 1. The van der Waals surface area contributed by atoms with Crippen molar-refractivity contribution in [3.63, 3.8) is 0 Å². The summed E-state index contributed by atoms with van der Waals surface area (Å²) in [5.41, 5.74) is 0.0693. The fraction of sp³-hybridized carbons (Fsp3) is 0.176. The van der Waals surface area contributed by atoms with E-state index in [4.69, 9.17) is 0 Å². The highest BCUT2D eigenvalue weighted by atomic mass is 32.2. The standard InChI is InChI=1S/C17H16F3N5O3S/c18-17(19,20)12-2-1-3-13(10-12)23-16(26)21-7-9-29(27,28)24-14-5-8-25-15(11-14)4-6-22-25/h1-6,8,10-11,24H,7,9H2,(H2,21,23,26). The van der Waals surface area contributed by atoms with Gasteiger partial charge in [0.1, 0.15) is 0 Å². The minimum atomic E-state index is -4.53. The molecule has 3 N–H and O–H groups in total. The summed E-state index contributed by atoms with van der Waals surface area (Å²) < 4.78 is 66.3. The van der Waals surface area contributed by atoms with Crippen molar-refractivity contribution < 1.29 is 26.4 Å². The van der Waals surface area contributed by atoms with E-state index in [9.17, 15) is 26.4 Å². The van der Waals surface area contributed by atoms with Crippen LogP contribution in [0.15, 0.2) is 54.9 Å². The summed E-state index contributed by atoms with van der Waals surface area (Å²) in [7, 11) is -3.75. The molecule has 29 heavy (non-hydrogen) atoms. The van der Waals surface area contributed by atoms with Crippen LogP contribution in [0.3, 0.4) is 0 Å². The van der Waals surface area contributed by atoms with Crippen LogP contribution < -0.4 is 15.4 Å². The number of aromatic nitrogens is 2. The fourth-order valence-electron chi connectivity index (χ4n) is 2.46. The SMILES string of the molecule is O=C(NCCS(=O)(=O)Nc1ccn2nccc2c1)Nc1cccc(C(F)(F)F)c1. The number of urea groups is 1. The zero-order chi connectivity index (χ0) is 21.1. The number of anilines is 2. The second kappa shape index (κ2) is 7.99. The number of pyridine rings is 1. The second-order valence-electron chi connectivity index (χ2n) is 6.00. The van der Waals surface area contributed by atoms with Crippen molar-refractivity contribution in [2.45, 2.75) is 6.18 Å². The minimum Gasteiger partial charge on any atom is -0.337 e. The first-order valence-corrected chi connectivity index (χ1v) is 9.94. The van der Waals surface area contributed by atoms with E-state index in [1.807, 2.05) is 0 Å². The molecule has 0 atom stereocenters. The molecule has 3 aromatic rings. The van der Waals surface area contributed by atoms with Gasteiger partial charge in [0.2, 0.25) is 10.0 Å². The van der Waals surface area contributed by atoms with Crippen LogP contribution in [0.5, 0.6) is 0 Å². The molecule has 0 fully saturated rings. The Kier molecular flexibility index (Phi) is 5.64. The first-order chi connectivity index (χ1) is 13.6. The van der Waals surface area contributed by atoms with E-state index in [0.717, 1.165) is 18.2 Å². The van der Waals surface area contributed by atoms with Crippen LogP contribution >= 0.6 is 0 Å². The molecule has 0 bridgehead atoms. The molecule has 0 saturated carbocycles. The van der Waals surface area contributed by atoms with Crippen molar-refractivity contribution in [2.24, 2.45) is 0 Å². The molecule has 12 heteroatoms. The largest absolute Gasteiger partial charge is 0.416 e. The van der Waals surface area contributed by atoms with E-state index in [2.05, 4.69) is 20.5 Å². The van der Waals surface area contributed by atoms with Crippen LogP contribution in [0, 0.1) is 0 Å². The molecule has 2 aromatic heterocycles. The smallest absolute Gasteiger partial charge is 0.337 e. The number of halogens is 3. The maximum absolute atomic E-state index is 12.7. The Hall–Kier alpha value is -3.28. The number of benzene rings is 1. The van der Waals surface area contributed by atoms with E-state index in [1.54, 1.807) is 29.0 Å². The first kappa shape index (κ1) is 20.5. The Bertz CT molecular complexity index is 1130. The van der Waals surface area contributed by atoms with E-state index >= 15 is 0 Å². The molecule has 2 amide bonds. The van der Waals surface area contributed by atoms with Gasteiger partial charge in [0, 0.05) is 24.6 Å². The molecule has 0 unspecified atom stereocenters. The predicted octanol–water partition coefficient (Wildman–Crippen LogP) is 2.92. The molecule has 0 saturated heterocycles. The monoisotopic (exact) mass is 427 g/mol. The van der Waals surface area contributed by atoms with Gasteiger partial charge in [-0.25, -0.2) is 17.7 Å². The van der Waals surface area contributed by atoms with E-state index < -0.39 is 33.5 Å². The topological polar surface area (TPSA) is 105 Å². The average Bonchev–Trinajstić information content (AvgIpc) is 3.08.